The third-order valence-electron chi connectivity index (χ3n) is 5.59. The van der Waals surface area contributed by atoms with Crippen molar-refractivity contribution in [2.75, 3.05) is 38.1 Å². The quantitative estimate of drug-likeness (QED) is 0.239. The van der Waals surface area contributed by atoms with Gasteiger partial charge >= 0.3 is 7.60 Å². The summed E-state index contributed by atoms with van der Waals surface area (Å²) < 4.78 is 36.7. The van der Waals surface area contributed by atoms with Crippen molar-refractivity contribution >= 4 is 36.0 Å². The average Bonchev–Trinajstić information content (AvgIpc) is 3.46. The Morgan fingerprint density at radius 1 is 1.17 bits per heavy atom. The maximum absolute atomic E-state index is 12.6. The highest BCUT2D eigenvalue weighted by Crippen LogP contribution is 2.48. The minimum absolute atomic E-state index is 0.107. The molecule has 0 aliphatic carbocycles. The molecule has 1 fully saturated rings. The van der Waals surface area contributed by atoms with E-state index in [-0.39, 0.29) is 30.6 Å². The summed E-state index contributed by atoms with van der Waals surface area (Å²) in [5.74, 6) is 0.704. The van der Waals surface area contributed by atoms with E-state index in [0.29, 0.717) is 31.2 Å². The van der Waals surface area contributed by atoms with Gasteiger partial charge in [0.25, 0.3) is 0 Å². The minimum Gasteiger partial charge on any atom is -0.366 e. The topological polar surface area (TPSA) is 101 Å². The summed E-state index contributed by atoms with van der Waals surface area (Å²) in [4.78, 5) is 10.9. The first-order chi connectivity index (χ1) is 16.9. The van der Waals surface area contributed by atoms with Gasteiger partial charge in [-0.3, -0.25) is 4.57 Å². The predicted octanol–water partition coefficient (Wildman–Crippen LogP) is 5.03. The lowest BCUT2D eigenvalue weighted by Gasteiger charge is -2.20. The molecule has 1 aromatic carbocycles. The SMILES string of the molecule is CCOP(=O)(COC[C@@H]1CC[C@H](n2ncc3c(N(C)Cc4ccccc4)nc(Cl)nc32)O1)OCC. The van der Waals surface area contributed by atoms with Crippen LogP contribution < -0.4 is 4.90 Å². The molecule has 10 nitrogen and oxygen atoms in total. The van der Waals surface area contributed by atoms with Gasteiger partial charge in [0.2, 0.25) is 5.28 Å². The monoisotopic (exact) mass is 523 g/mol. The van der Waals surface area contributed by atoms with Crippen LogP contribution in [0.4, 0.5) is 5.82 Å². The van der Waals surface area contributed by atoms with Crippen LogP contribution in [0.2, 0.25) is 5.28 Å². The van der Waals surface area contributed by atoms with Crippen molar-refractivity contribution in [3.05, 3.63) is 47.4 Å². The van der Waals surface area contributed by atoms with Gasteiger partial charge in [-0.15, -0.1) is 0 Å². The second kappa shape index (κ2) is 11.8. The van der Waals surface area contributed by atoms with E-state index in [2.05, 4.69) is 27.2 Å². The molecule has 0 radical (unpaired) electrons. The number of hydrogen-bond donors (Lipinski definition) is 0. The number of halogens is 1. The number of hydrogen-bond acceptors (Lipinski definition) is 9. The maximum Gasteiger partial charge on any atom is 0.356 e. The number of anilines is 1. The van der Waals surface area contributed by atoms with E-state index >= 15 is 0 Å². The Morgan fingerprint density at radius 3 is 2.63 bits per heavy atom. The molecule has 4 rings (SSSR count). The van der Waals surface area contributed by atoms with E-state index in [0.717, 1.165) is 23.8 Å². The Kier molecular flexibility index (Phi) is 8.75. The molecule has 12 heteroatoms. The van der Waals surface area contributed by atoms with Crippen LogP contribution in [0.25, 0.3) is 11.0 Å². The zero-order valence-electron chi connectivity index (χ0n) is 20.2. The van der Waals surface area contributed by atoms with E-state index < -0.39 is 7.60 Å². The first-order valence-electron chi connectivity index (χ1n) is 11.7. The van der Waals surface area contributed by atoms with Crippen LogP contribution in [0.15, 0.2) is 36.5 Å². The Hall–Kier alpha value is -2.07. The third-order valence-corrected chi connectivity index (χ3v) is 7.56. The van der Waals surface area contributed by atoms with Crippen molar-refractivity contribution in [3.63, 3.8) is 0 Å². The maximum atomic E-state index is 12.6. The first-order valence-corrected chi connectivity index (χ1v) is 13.8. The van der Waals surface area contributed by atoms with Crippen LogP contribution >= 0.6 is 19.2 Å². The van der Waals surface area contributed by atoms with Crippen molar-refractivity contribution in [3.8, 4) is 0 Å². The summed E-state index contributed by atoms with van der Waals surface area (Å²) in [7, 11) is -1.29. The molecule has 0 unspecified atom stereocenters. The van der Waals surface area contributed by atoms with E-state index in [4.69, 9.17) is 30.1 Å². The van der Waals surface area contributed by atoms with Crippen LogP contribution in [-0.4, -0.2) is 59.1 Å². The second-order valence-electron chi connectivity index (χ2n) is 8.22. The largest absolute Gasteiger partial charge is 0.366 e. The molecule has 1 aliphatic heterocycles. The van der Waals surface area contributed by atoms with Crippen molar-refractivity contribution < 1.29 is 23.1 Å². The Bertz CT molecular complexity index is 1150. The molecule has 3 aromatic rings. The molecule has 0 spiro atoms. The van der Waals surface area contributed by atoms with Gasteiger partial charge in [0.15, 0.2) is 11.9 Å². The van der Waals surface area contributed by atoms with E-state index in [1.165, 1.54) is 0 Å². The van der Waals surface area contributed by atoms with E-state index in [1.54, 1.807) is 24.7 Å². The fourth-order valence-corrected chi connectivity index (χ4v) is 5.61. The van der Waals surface area contributed by atoms with Gasteiger partial charge in [0, 0.05) is 13.6 Å². The molecule has 1 saturated heterocycles. The molecule has 2 atom stereocenters. The molecule has 2 aromatic heterocycles. The summed E-state index contributed by atoms with van der Waals surface area (Å²) in [6.07, 6.45) is 2.65. The summed E-state index contributed by atoms with van der Waals surface area (Å²) >= 11 is 6.30. The lowest BCUT2D eigenvalue weighted by molar-refractivity contribution is -0.0398. The van der Waals surface area contributed by atoms with Gasteiger partial charge in [-0.1, -0.05) is 30.3 Å². The average molecular weight is 524 g/mol. The molecule has 0 N–H and O–H groups in total. The highest BCUT2D eigenvalue weighted by atomic mass is 35.5. The van der Waals surface area contributed by atoms with Gasteiger partial charge in [-0.25, -0.2) is 4.68 Å². The van der Waals surface area contributed by atoms with E-state index in [9.17, 15) is 4.57 Å². The molecule has 190 valence electrons. The van der Waals surface area contributed by atoms with Gasteiger partial charge < -0.3 is 23.4 Å². The zero-order valence-corrected chi connectivity index (χ0v) is 21.8. The Labute approximate surface area is 210 Å². The van der Waals surface area contributed by atoms with Gasteiger partial charge in [0.05, 0.1) is 37.5 Å². The number of aromatic nitrogens is 4. The van der Waals surface area contributed by atoms with Gasteiger partial charge in [0.1, 0.15) is 12.2 Å². The fraction of sp³-hybridized carbons (Fsp3) is 0.522. The molecule has 35 heavy (non-hydrogen) atoms. The van der Waals surface area contributed by atoms with Crippen LogP contribution in [-0.2, 0) is 29.6 Å². The highest BCUT2D eigenvalue weighted by Gasteiger charge is 2.31. The predicted molar refractivity (Wildman–Crippen MR) is 134 cm³/mol. The van der Waals surface area contributed by atoms with Crippen LogP contribution in [0.5, 0.6) is 0 Å². The molecule has 0 saturated carbocycles. The Morgan fingerprint density at radius 2 is 1.91 bits per heavy atom. The van der Waals surface area contributed by atoms with Crippen molar-refractivity contribution in [1.29, 1.82) is 0 Å². The summed E-state index contributed by atoms with van der Waals surface area (Å²) in [6.45, 7) is 5.07. The standard InChI is InChI=1S/C23H31ClN5O5P/c1-4-32-35(30,33-5-2)16-31-15-18-11-12-20(34-18)29-22-19(13-25-29)21(26-23(24)27-22)28(3)14-17-9-7-6-8-10-17/h6-10,13,18,20H,4-5,11-12,14-16H2,1-3H3/t18-,20+/m0/s1. The summed E-state index contributed by atoms with van der Waals surface area (Å²) in [5.41, 5.74) is 1.77. The highest BCUT2D eigenvalue weighted by molar-refractivity contribution is 7.53. The molecule has 1 aliphatic rings. The number of fused-ring (bicyclic) bond motifs is 1. The van der Waals surface area contributed by atoms with Crippen molar-refractivity contribution in [2.45, 2.75) is 45.6 Å². The van der Waals surface area contributed by atoms with Crippen LogP contribution in [0.3, 0.4) is 0 Å². The fourth-order valence-electron chi connectivity index (χ4n) is 4.11. The summed E-state index contributed by atoms with van der Waals surface area (Å²) in [6, 6.07) is 10.1. The number of ether oxygens (including phenoxy) is 2. The minimum atomic E-state index is -3.25. The first kappa shape index (κ1) is 26.0. The molecule has 0 amide bonds. The zero-order chi connectivity index (χ0) is 24.8. The number of benzene rings is 1. The number of nitrogens with zero attached hydrogens (tertiary/aromatic N) is 5. The molecule has 3 heterocycles. The smallest absolute Gasteiger partial charge is 0.356 e. The molecule has 0 bridgehead atoms. The lowest BCUT2D eigenvalue weighted by atomic mass is 10.2. The van der Waals surface area contributed by atoms with Crippen LogP contribution in [0.1, 0.15) is 38.5 Å². The number of rotatable bonds is 12. The van der Waals surface area contributed by atoms with E-state index in [1.807, 2.05) is 30.1 Å². The van der Waals surface area contributed by atoms with Crippen molar-refractivity contribution in [1.82, 2.24) is 19.7 Å². The lowest BCUT2D eigenvalue weighted by Crippen LogP contribution is -2.19. The normalized spacial score (nSPS) is 18.4. The molecular formula is C23H31ClN5O5P. The third kappa shape index (κ3) is 6.39. The Balaban J connectivity index is 1.43. The van der Waals surface area contributed by atoms with Gasteiger partial charge in [-0.2, -0.15) is 15.1 Å². The van der Waals surface area contributed by atoms with Gasteiger partial charge in [-0.05, 0) is 43.9 Å². The molecular weight excluding hydrogens is 493 g/mol. The van der Waals surface area contributed by atoms with Crippen LogP contribution in [0, 0.1) is 0 Å². The second-order valence-corrected chi connectivity index (χ2v) is 10.6. The summed E-state index contributed by atoms with van der Waals surface area (Å²) in [5, 5.41) is 5.49. The van der Waals surface area contributed by atoms with Crippen molar-refractivity contribution in [2.24, 2.45) is 0 Å².